The van der Waals surface area contributed by atoms with Crippen LogP contribution < -0.4 is 5.32 Å². The first-order valence-corrected chi connectivity index (χ1v) is 22.1. The summed E-state index contributed by atoms with van der Waals surface area (Å²) in [5, 5.41) is 12.8. The van der Waals surface area contributed by atoms with Gasteiger partial charge in [-0.05, 0) is 33.4 Å². The van der Waals surface area contributed by atoms with E-state index < -0.39 is 24.3 Å². The SMILES string of the molecule is O=C(NC1CC(=O)N(Cc2ccccc2-c2ccc(C3OC(CSc4nc(-c5ccccc5)c(-c5ccccc5)o4)CC(c4ccc(CO)cc4)O3)cc2)C1=O)OCc1ccccc1. The van der Waals surface area contributed by atoms with Gasteiger partial charge in [0.05, 0.1) is 31.8 Å². The van der Waals surface area contributed by atoms with E-state index in [9.17, 15) is 19.5 Å². The lowest BCUT2D eigenvalue weighted by Crippen LogP contribution is -2.41. The van der Waals surface area contributed by atoms with Gasteiger partial charge in [-0.2, -0.15) is 0 Å². The number of nitrogens with zero attached hydrogens (tertiary/aromatic N) is 2. The third-order valence-corrected chi connectivity index (χ3v) is 12.2. The highest BCUT2D eigenvalue weighted by molar-refractivity contribution is 7.99. The molecule has 0 aliphatic carbocycles. The summed E-state index contributed by atoms with van der Waals surface area (Å²) in [5.41, 5.74) is 8.62. The average Bonchev–Trinajstić information content (AvgIpc) is 3.90. The Morgan fingerprint density at radius 3 is 2.11 bits per heavy atom. The van der Waals surface area contributed by atoms with E-state index in [1.165, 1.54) is 16.7 Å². The van der Waals surface area contributed by atoms with Crippen molar-refractivity contribution in [1.82, 2.24) is 15.2 Å². The lowest BCUT2D eigenvalue weighted by molar-refractivity contribution is -0.245. The van der Waals surface area contributed by atoms with Crippen molar-refractivity contribution in [3.8, 4) is 33.7 Å². The number of hydrogen-bond acceptors (Lipinski definition) is 10. The Bertz CT molecular complexity index is 2640. The third kappa shape index (κ3) is 9.85. The van der Waals surface area contributed by atoms with Crippen LogP contribution in [-0.4, -0.2) is 50.8 Å². The van der Waals surface area contributed by atoms with Crippen molar-refractivity contribution >= 4 is 29.7 Å². The van der Waals surface area contributed by atoms with Crippen LogP contribution in [0.15, 0.2) is 173 Å². The Labute approximate surface area is 375 Å². The number of likely N-dealkylation sites (tertiary alicyclic amines) is 1. The molecule has 6 aromatic carbocycles. The summed E-state index contributed by atoms with van der Waals surface area (Å²) in [5.74, 6) is 0.404. The van der Waals surface area contributed by atoms with Crippen molar-refractivity contribution in [3.63, 3.8) is 0 Å². The molecule has 1 aromatic heterocycles. The number of thioether (sulfide) groups is 1. The van der Waals surface area contributed by atoms with Gasteiger partial charge in [-0.1, -0.05) is 176 Å². The van der Waals surface area contributed by atoms with Gasteiger partial charge in [0.1, 0.15) is 18.3 Å². The molecule has 2 saturated heterocycles. The van der Waals surface area contributed by atoms with Crippen molar-refractivity contribution in [3.05, 3.63) is 192 Å². The molecule has 0 saturated carbocycles. The zero-order chi connectivity index (χ0) is 43.8. The van der Waals surface area contributed by atoms with Gasteiger partial charge >= 0.3 is 6.09 Å². The molecule has 64 heavy (non-hydrogen) atoms. The fraction of sp³-hybridized carbons (Fsp3) is 0.192. The Morgan fingerprint density at radius 2 is 1.39 bits per heavy atom. The molecule has 2 N–H and O–H groups in total. The van der Waals surface area contributed by atoms with Gasteiger partial charge in [0, 0.05) is 28.9 Å². The van der Waals surface area contributed by atoms with Gasteiger partial charge in [-0.25, -0.2) is 9.78 Å². The zero-order valence-electron chi connectivity index (χ0n) is 34.7. The summed E-state index contributed by atoms with van der Waals surface area (Å²) in [6.45, 7) is 0.0423. The number of benzene rings is 6. The minimum absolute atomic E-state index is 0.0436. The molecule has 0 spiro atoms. The summed E-state index contributed by atoms with van der Waals surface area (Å²) >= 11 is 1.50. The molecule has 12 heteroatoms. The first kappa shape index (κ1) is 42.5. The maximum atomic E-state index is 13.4. The van der Waals surface area contributed by atoms with Crippen LogP contribution in [0.25, 0.3) is 33.7 Å². The molecule has 3 amide bonds. The summed E-state index contributed by atoms with van der Waals surface area (Å²) in [7, 11) is 0. The number of alkyl carbamates (subject to hydrolysis) is 1. The maximum Gasteiger partial charge on any atom is 0.408 e. The molecule has 322 valence electrons. The molecule has 2 aliphatic heterocycles. The normalized spacial score (nSPS) is 18.5. The molecule has 3 heterocycles. The molecule has 9 rings (SSSR count). The molecule has 4 atom stereocenters. The Hall–Kier alpha value is -6.83. The highest BCUT2D eigenvalue weighted by Gasteiger charge is 2.40. The van der Waals surface area contributed by atoms with Gasteiger partial charge in [0.2, 0.25) is 5.91 Å². The average molecular weight is 872 g/mol. The molecule has 11 nitrogen and oxygen atoms in total. The number of oxazole rings is 1. The van der Waals surface area contributed by atoms with E-state index in [1.54, 1.807) is 0 Å². The standard InChI is InChI=1S/C52H45N3O8S/c56-31-34-20-22-37(23-21-34)45-28-42(33-64-52-54-47(38-14-6-2-7-15-38)48(63-52)39-16-8-3-9-17-39)61-50(62-45)40-26-24-36(25-27-40)43-19-11-10-18-41(43)30-55-46(57)29-44(49(55)58)53-51(59)60-32-35-12-4-1-5-13-35/h1-27,42,44-45,50,56H,28-33H2,(H,53,59). The lowest BCUT2D eigenvalue weighted by atomic mass is 9.97. The molecule has 7 aromatic rings. The predicted octanol–water partition coefficient (Wildman–Crippen LogP) is 10.1. The highest BCUT2D eigenvalue weighted by atomic mass is 32.2. The number of carbonyl (C=O) groups excluding carboxylic acids is 3. The van der Waals surface area contributed by atoms with Crippen LogP contribution in [-0.2, 0) is 43.6 Å². The van der Waals surface area contributed by atoms with Crippen LogP contribution in [0.1, 0.15) is 53.1 Å². The molecule has 0 bridgehead atoms. The van der Waals surface area contributed by atoms with Crippen LogP contribution in [0.4, 0.5) is 4.79 Å². The van der Waals surface area contributed by atoms with Gasteiger partial charge in [0.25, 0.3) is 11.1 Å². The second-order valence-electron chi connectivity index (χ2n) is 15.6. The number of amides is 3. The number of rotatable bonds is 14. The van der Waals surface area contributed by atoms with Gasteiger partial charge in [-0.15, -0.1) is 0 Å². The van der Waals surface area contributed by atoms with E-state index in [0.29, 0.717) is 23.2 Å². The summed E-state index contributed by atoms with van der Waals surface area (Å²) in [4.78, 5) is 45.3. The summed E-state index contributed by atoms with van der Waals surface area (Å²) in [6.07, 6.45) is -1.54. The van der Waals surface area contributed by atoms with E-state index in [1.807, 2.05) is 164 Å². The first-order valence-electron chi connectivity index (χ1n) is 21.1. The number of ether oxygens (including phenoxy) is 3. The zero-order valence-corrected chi connectivity index (χ0v) is 35.6. The number of aromatic nitrogens is 1. The Balaban J connectivity index is 0.901. The number of aliphatic hydroxyl groups is 1. The summed E-state index contributed by atoms with van der Waals surface area (Å²) < 4.78 is 25.1. The molecule has 4 unspecified atom stereocenters. The minimum Gasteiger partial charge on any atom is -0.445 e. The van der Waals surface area contributed by atoms with E-state index >= 15 is 0 Å². The maximum absolute atomic E-state index is 13.4. The fourth-order valence-electron chi connectivity index (χ4n) is 7.93. The highest BCUT2D eigenvalue weighted by Crippen LogP contribution is 2.41. The van der Waals surface area contributed by atoms with Crippen molar-refractivity contribution < 1.29 is 38.1 Å². The Morgan fingerprint density at radius 1 is 0.734 bits per heavy atom. The topological polar surface area (TPSA) is 140 Å². The largest absolute Gasteiger partial charge is 0.445 e. The van der Waals surface area contributed by atoms with Crippen LogP contribution >= 0.6 is 11.8 Å². The molecule has 2 aliphatic rings. The van der Waals surface area contributed by atoms with Crippen LogP contribution in [0.5, 0.6) is 0 Å². The number of hydrogen-bond donors (Lipinski definition) is 2. The van der Waals surface area contributed by atoms with Gasteiger partial charge in [0.15, 0.2) is 12.1 Å². The number of imide groups is 1. The van der Waals surface area contributed by atoms with Crippen LogP contribution in [0.2, 0.25) is 0 Å². The predicted molar refractivity (Wildman–Crippen MR) is 242 cm³/mol. The molecular formula is C52H45N3O8S. The van der Waals surface area contributed by atoms with E-state index in [2.05, 4.69) is 5.32 Å². The number of aliphatic hydroxyl groups excluding tert-OH is 1. The molecular weight excluding hydrogens is 827 g/mol. The summed E-state index contributed by atoms with van der Waals surface area (Å²) in [6, 6.07) is 51.5. The number of carbonyl (C=O) groups is 3. The first-order chi connectivity index (χ1) is 31.4. The van der Waals surface area contributed by atoms with E-state index in [0.717, 1.165) is 55.8 Å². The minimum atomic E-state index is -1.01. The van der Waals surface area contributed by atoms with Crippen LogP contribution in [0, 0.1) is 0 Å². The van der Waals surface area contributed by atoms with Crippen molar-refractivity contribution in [1.29, 1.82) is 0 Å². The number of nitrogens with one attached hydrogen (secondary N) is 1. The van der Waals surface area contributed by atoms with Gasteiger partial charge in [-0.3, -0.25) is 14.5 Å². The molecule has 2 fully saturated rings. The van der Waals surface area contributed by atoms with Crippen molar-refractivity contribution in [2.45, 2.75) is 62.4 Å². The lowest BCUT2D eigenvalue weighted by Gasteiger charge is -2.36. The van der Waals surface area contributed by atoms with Crippen LogP contribution in [0.3, 0.4) is 0 Å². The second kappa shape index (κ2) is 19.7. The third-order valence-electron chi connectivity index (χ3n) is 11.3. The smallest absolute Gasteiger partial charge is 0.408 e. The van der Waals surface area contributed by atoms with Gasteiger partial charge < -0.3 is 29.1 Å². The van der Waals surface area contributed by atoms with Crippen molar-refractivity contribution in [2.75, 3.05) is 5.75 Å². The van der Waals surface area contributed by atoms with E-state index in [-0.39, 0.29) is 44.3 Å². The molecule has 0 radical (unpaired) electrons. The quantitative estimate of drug-likeness (QED) is 0.0802. The van der Waals surface area contributed by atoms with Crippen molar-refractivity contribution in [2.24, 2.45) is 0 Å². The fourth-order valence-corrected chi connectivity index (χ4v) is 8.77. The van der Waals surface area contributed by atoms with E-state index in [4.69, 9.17) is 23.6 Å². The Kier molecular flexibility index (Phi) is 13.1. The second-order valence-corrected chi connectivity index (χ2v) is 16.6. The monoisotopic (exact) mass is 871 g/mol.